The first-order valence-electron chi connectivity index (χ1n) is 37.1. The molecule has 0 heterocycles. The molecule has 0 bridgehead atoms. The van der Waals surface area contributed by atoms with Crippen LogP contribution < -0.4 is 11.5 Å². The molecule has 12 unspecified atom stereocenters. The summed E-state index contributed by atoms with van der Waals surface area (Å²) < 4.78 is 0. The van der Waals surface area contributed by atoms with Crippen molar-refractivity contribution < 1.29 is 0 Å². The van der Waals surface area contributed by atoms with E-state index in [2.05, 4.69) is 222 Å². The Hall–Kier alpha value is -0.0800. The minimum Gasteiger partial charge on any atom is -0.330 e. The Kier molecular flexibility index (Phi) is 36.2. The fourth-order valence-corrected chi connectivity index (χ4v) is 18.2. The first-order chi connectivity index (χ1) is 37.7. The molecule has 0 spiro atoms. The van der Waals surface area contributed by atoms with Crippen molar-refractivity contribution in [2.75, 3.05) is 13.1 Å². The van der Waals surface area contributed by atoms with Crippen molar-refractivity contribution in [2.24, 2.45) is 137 Å². The molecule has 0 amide bonds. The van der Waals surface area contributed by atoms with Gasteiger partial charge in [0.2, 0.25) is 0 Å². The average molecular weight is 1180 g/mol. The minimum atomic E-state index is 0.163. The molecule has 0 aliphatic rings. The van der Waals surface area contributed by atoms with Gasteiger partial charge in [-0.2, -0.15) is 0 Å². The SMILES string of the molecule is CC(CCC(CC(CN)(CCCCCCC(CN)(CC(CCC(C)CC(C)(C)C)C(C)CC(C)(C)C)CC(CCC(C)CC(C)(C)C)C(C)CC(C)(C)C)CC(CCC(C)CC(C)(C)C)C(C)CC(C)(C)C)C(C)CC(C)(C)C)CC(C)(C)C. The van der Waals surface area contributed by atoms with Crippen LogP contribution in [-0.2, 0) is 0 Å². The van der Waals surface area contributed by atoms with Gasteiger partial charge in [0.15, 0.2) is 0 Å². The van der Waals surface area contributed by atoms with Crippen LogP contribution in [0.4, 0.5) is 0 Å². The molecule has 0 saturated heterocycles. The second-order valence-corrected chi connectivity index (χ2v) is 41.9. The normalized spacial score (nSPS) is 19.8. The third kappa shape index (κ3) is 42.1. The lowest BCUT2D eigenvalue weighted by molar-refractivity contribution is 0.0767. The average Bonchev–Trinajstić information content (AvgIpc) is 3.47. The van der Waals surface area contributed by atoms with Gasteiger partial charge in [0.25, 0.3) is 0 Å². The minimum absolute atomic E-state index is 0.163. The summed E-state index contributed by atoms with van der Waals surface area (Å²) in [6.07, 6.45) is 34.2. The summed E-state index contributed by atoms with van der Waals surface area (Å²) in [5, 5.41) is 0. The van der Waals surface area contributed by atoms with Gasteiger partial charge in [0.05, 0.1) is 0 Å². The van der Waals surface area contributed by atoms with Gasteiger partial charge in [-0.3, -0.25) is 0 Å². The lowest BCUT2D eigenvalue weighted by Gasteiger charge is -2.44. The van der Waals surface area contributed by atoms with Crippen molar-refractivity contribution in [1.82, 2.24) is 0 Å². The van der Waals surface area contributed by atoms with Crippen LogP contribution in [0.15, 0.2) is 0 Å². The lowest BCUT2D eigenvalue weighted by atomic mass is 9.62. The zero-order valence-electron chi connectivity index (χ0n) is 64.9. The first-order valence-corrected chi connectivity index (χ1v) is 37.1. The maximum absolute atomic E-state index is 7.50. The summed E-state index contributed by atoms with van der Waals surface area (Å²) in [5.41, 5.74) is 18.1. The quantitative estimate of drug-likeness (QED) is 0.0600. The van der Waals surface area contributed by atoms with Gasteiger partial charge in [0, 0.05) is 0 Å². The van der Waals surface area contributed by atoms with Crippen LogP contribution in [0.1, 0.15) is 389 Å². The topological polar surface area (TPSA) is 52.0 Å². The van der Waals surface area contributed by atoms with E-state index in [0.29, 0.717) is 90.7 Å². The van der Waals surface area contributed by atoms with Gasteiger partial charge in [0.1, 0.15) is 0 Å². The van der Waals surface area contributed by atoms with Gasteiger partial charge in [-0.05, 0) is 254 Å². The summed E-state index contributed by atoms with van der Waals surface area (Å²) in [6, 6.07) is 0. The van der Waals surface area contributed by atoms with E-state index >= 15 is 0 Å². The van der Waals surface area contributed by atoms with Gasteiger partial charge in [-0.1, -0.05) is 273 Å². The summed E-state index contributed by atoms with van der Waals surface area (Å²) in [6.45, 7) is 81.7. The van der Waals surface area contributed by atoms with E-state index in [1.165, 1.54) is 167 Å². The van der Waals surface area contributed by atoms with Crippen LogP contribution in [0.5, 0.6) is 0 Å². The molecule has 0 aromatic carbocycles. The molecule has 0 aliphatic heterocycles. The Morgan fingerprint density at radius 1 is 0.214 bits per heavy atom. The second-order valence-electron chi connectivity index (χ2n) is 41.9. The Morgan fingerprint density at radius 3 is 0.524 bits per heavy atom. The van der Waals surface area contributed by atoms with E-state index < -0.39 is 0 Å². The molecule has 506 valence electrons. The maximum Gasteiger partial charge on any atom is -0.00203 e. The van der Waals surface area contributed by atoms with Crippen LogP contribution in [0.3, 0.4) is 0 Å². The third-order valence-electron chi connectivity index (χ3n) is 20.7. The van der Waals surface area contributed by atoms with Crippen molar-refractivity contribution in [3.8, 4) is 0 Å². The Labute approximate surface area is 535 Å². The molecule has 0 aliphatic carbocycles. The third-order valence-corrected chi connectivity index (χ3v) is 20.7. The molecule has 12 atom stereocenters. The van der Waals surface area contributed by atoms with Crippen molar-refractivity contribution in [3.05, 3.63) is 0 Å². The predicted molar refractivity (Wildman–Crippen MR) is 386 cm³/mol. The van der Waals surface area contributed by atoms with Crippen LogP contribution in [0, 0.1) is 125 Å². The number of hydrogen-bond donors (Lipinski definition) is 2. The largest absolute Gasteiger partial charge is 0.330 e. The van der Waals surface area contributed by atoms with Gasteiger partial charge >= 0.3 is 0 Å². The summed E-state index contributed by atoms with van der Waals surface area (Å²) in [7, 11) is 0. The highest BCUT2D eigenvalue weighted by atomic mass is 14.6. The van der Waals surface area contributed by atoms with Crippen LogP contribution in [0.2, 0.25) is 0 Å². The highest BCUT2D eigenvalue weighted by molar-refractivity contribution is 4.93. The Bertz CT molecular complexity index is 1430. The van der Waals surface area contributed by atoms with Gasteiger partial charge in [-0.25, -0.2) is 0 Å². The van der Waals surface area contributed by atoms with E-state index in [-0.39, 0.29) is 10.8 Å². The molecule has 0 fully saturated rings. The van der Waals surface area contributed by atoms with E-state index in [4.69, 9.17) is 11.5 Å². The molecule has 0 aromatic heterocycles. The fraction of sp³-hybridized carbons (Fsp3) is 1.00. The summed E-state index contributed by atoms with van der Waals surface area (Å²) >= 11 is 0. The van der Waals surface area contributed by atoms with E-state index in [0.717, 1.165) is 36.8 Å². The zero-order chi connectivity index (χ0) is 65.7. The first kappa shape index (κ1) is 83.9. The van der Waals surface area contributed by atoms with Crippen molar-refractivity contribution in [2.45, 2.75) is 389 Å². The lowest BCUT2D eigenvalue weighted by Crippen LogP contribution is -2.38. The van der Waals surface area contributed by atoms with E-state index in [9.17, 15) is 0 Å². The molecule has 4 N–H and O–H groups in total. The molecule has 2 nitrogen and oxygen atoms in total. The monoisotopic (exact) mass is 1180 g/mol. The van der Waals surface area contributed by atoms with Crippen molar-refractivity contribution >= 4 is 0 Å². The molecule has 2 heteroatoms. The van der Waals surface area contributed by atoms with E-state index in [1.807, 2.05) is 0 Å². The maximum atomic E-state index is 7.50. The van der Waals surface area contributed by atoms with Crippen molar-refractivity contribution in [1.29, 1.82) is 0 Å². The summed E-state index contributed by atoms with van der Waals surface area (Å²) in [5.74, 6) is 8.54. The standard InChI is InChI=1S/C82H168N2/c1-61(47-73(9,10)11)37-41-69(65(5)51-77(21,22)23)55-81(59-83,56-70(66(6)52-78(24,25)26)42-38-62(2)48-74(12,13)14)45-35-33-34-36-46-82(60-84,57-71(67(7)53-79(27,28)29)43-39-63(3)49-75(15,16)17)58-72(68(8)54-80(30,31)32)44-40-64(4)50-76(18,19)20/h61-72H,33-60,83-84H2,1-32H3. The molecule has 84 heavy (non-hydrogen) atoms. The zero-order valence-corrected chi connectivity index (χ0v) is 64.9. The predicted octanol–water partition coefficient (Wildman–Crippen LogP) is 26.9. The molecule has 0 aromatic rings. The smallest absolute Gasteiger partial charge is 0.00203 e. The van der Waals surface area contributed by atoms with E-state index in [1.54, 1.807) is 0 Å². The van der Waals surface area contributed by atoms with Gasteiger partial charge in [-0.15, -0.1) is 0 Å². The molecule has 0 radical (unpaired) electrons. The number of unbranched alkanes of at least 4 members (excludes halogenated alkanes) is 3. The van der Waals surface area contributed by atoms with Crippen LogP contribution in [0.25, 0.3) is 0 Å². The highest BCUT2D eigenvalue weighted by Gasteiger charge is 2.41. The van der Waals surface area contributed by atoms with Crippen LogP contribution in [-0.4, -0.2) is 13.1 Å². The van der Waals surface area contributed by atoms with Crippen LogP contribution >= 0.6 is 0 Å². The molecular weight excluding hydrogens is 1010 g/mol. The number of rotatable bonds is 41. The van der Waals surface area contributed by atoms with Gasteiger partial charge < -0.3 is 11.5 Å². The molecule has 0 saturated carbocycles. The Balaban J connectivity index is 7.73. The second kappa shape index (κ2) is 36.2. The fourth-order valence-electron chi connectivity index (χ4n) is 18.2. The Morgan fingerprint density at radius 2 is 0.381 bits per heavy atom. The van der Waals surface area contributed by atoms with Crippen molar-refractivity contribution in [3.63, 3.8) is 0 Å². The number of hydrogen-bond acceptors (Lipinski definition) is 2. The number of nitrogens with two attached hydrogens (primary N) is 2. The molecular formula is C82H168N2. The highest BCUT2D eigenvalue weighted by Crippen LogP contribution is 2.51. The molecule has 0 rings (SSSR count). The summed E-state index contributed by atoms with van der Waals surface area (Å²) in [4.78, 5) is 0.